The van der Waals surface area contributed by atoms with Gasteiger partial charge in [-0.05, 0) is 37.5 Å². The minimum atomic E-state index is 0.562. The molecule has 0 radical (unpaired) electrons. The van der Waals surface area contributed by atoms with E-state index in [1.54, 1.807) is 0 Å². The van der Waals surface area contributed by atoms with Crippen LogP contribution in [0.5, 0.6) is 0 Å². The second-order valence-corrected chi connectivity index (χ2v) is 4.91. The van der Waals surface area contributed by atoms with Gasteiger partial charge >= 0.3 is 0 Å². The zero-order chi connectivity index (χ0) is 10.7. The number of hydrogen-bond donors (Lipinski definition) is 1. The lowest BCUT2D eigenvalue weighted by atomic mass is 10.1. The van der Waals surface area contributed by atoms with E-state index in [2.05, 4.69) is 46.4 Å². The monoisotopic (exact) mass is 269 g/mol. The maximum absolute atomic E-state index is 5.34. The third-order valence-corrected chi connectivity index (χ3v) is 3.27. The summed E-state index contributed by atoms with van der Waals surface area (Å²) < 4.78 is 6.47. The fraction of sp³-hybridized carbons (Fsp3) is 0.500. The van der Waals surface area contributed by atoms with Crippen molar-refractivity contribution in [1.82, 2.24) is 0 Å². The summed E-state index contributed by atoms with van der Waals surface area (Å²) in [5, 5.41) is 3.58. The maximum Gasteiger partial charge on any atom is 0.0485 e. The number of nitrogens with one attached hydrogen (secondary N) is 1. The van der Waals surface area contributed by atoms with E-state index in [9.17, 15) is 0 Å². The van der Waals surface area contributed by atoms with Crippen LogP contribution in [0.4, 0.5) is 5.69 Å². The van der Waals surface area contributed by atoms with E-state index in [-0.39, 0.29) is 0 Å². The first-order chi connectivity index (χ1) is 7.25. The highest BCUT2D eigenvalue weighted by molar-refractivity contribution is 9.10. The summed E-state index contributed by atoms with van der Waals surface area (Å²) in [6, 6.07) is 6.91. The Kier molecular flexibility index (Phi) is 3.65. The molecule has 2 rings (SSSR count). The number of aryl methyl sites for hydroxylation is 1. The molecular weight excluding hydrogens is 254 g/mol. The largest absolute Gasteiger partial charge is 0.382 e. The molecule has 1 saturated heterocycles. The number of anilines is 1. The van der Waals surface area contributed by atoms with Crippen LogP contribution < -0.4 is 5.32 Å². The highest BCUT2D eigenvalue weighted by Crippen LogP contribution is 2.23. The third-order valence-electron chi connectivity index (χ3n) is 2.78. The lowest BCUT2D eigenvalue weighted by molar-refractivity contribution is 0.0904. The van der Waals surface area contributed by atoms with Crippen molar-refractivity contribution in [3.8, 4) is 0 Å². The van der Waals surface area contributed by atoms with Gasteiger partial charge in [-0.2, -0.15) is 0 Å². The molecule has 0 aliphatic carbocycles. The zero-order valence-electron chi connectivity index (χ0n) is 8.92. The Morgan fingerprint density at radius 3 is 2.80 bits per heavy atom. The van der Waals surface area contributed by atoms with Gasteiger partial charge in [-0.1, -0.05) is 22.0 Å². The molecule has 0 spiro atoms. The van der Waals surface area contributed by atoms with E-state index >= 15 is 0 Å². The Morgan fingerprint density at radius 1 is 1.33 bits per heavy atom. The fourth-order valence-corrected chi connectivity index (χ4v) is 2.17. The summed E-state index contributed by atoms with van der Waals surface area (Å²) in [6.45, 7) is 3.89. The van der Waals surface area contributed by atoms with E-state index in [1.807, 2.05) is 0 Å². The molecule has 0 unspecified atom stereocenters. The Bertz CT molecular complexity index is 334. The summed E-state index contributed by atoms with van der Waals surface area (Å²) in [7, 11) is 0. The molecule has 1 heterocycles. The molecule has 82 valence electrons. The van der Waals surface area contributed by atoms with Crippen molar-refractivity contribution in [3.05, 3.63) is 28.2 Å². The van der Waals surface area contributed by atoms with Crippen LogP contribution in [0.25, 0.3) is 0 Å². The summed E-state index contributed by atoms with van der Waals surface area (Å²) in [4.78, 5) is 0. The van der Waals surface area contributed by atoms with Gasteiger partial charge in [-0.25, -0.2) is 0 Å². The van der Waals surface area contributed by atoms with Crippen LogP contribution in [0.2, 0.25) is 0 Å². The predicted octanol–water partition coefficient (Wildman–Crippen LogP) is 3.35. The van der Waals surface area contributed by atoms with Crippen molar-refractivity contribution >= 4 is 21.6 Å². The van der Waals surface area contributed by atoms with Crippen molar-refractivity contribution in [1.29, 1.82) is 0 Å². The van der Waals surface area contributed by atoms with Crippen molar-refractivity contribution in [2.75, 3.05) is 18.5 Å². The summed E-state index contributed by atoms with van der Waals surface area (Å²) in [5.74, 6) is 0. The minimum absolute atomic E-state index is 0.562. The molecular formula is C12H16BrNO. The molecule has 1 fully saturated rings. The van der Waals surface area contributed by atoms with Crippen LogP contribution in [0, 0.1) is 6.92 Å². The molecule has 1 aliphatic heterocycles. The number of hydrogen-bond acceptors (Lipinski definition) is 2. The first-order valence-corrected chi connectivity index (χ1v) is 6.15. The highest BCUT2D eigenvalue weighted by atomic mass is 79.9. The van der Waals surface area contributed by atoms with Crippen molar-refractivity contribution in [2.45, 2.75) is 25.8 Å². The third kappa shape index (κ3) is 2.95. The molecule has 1 aromatic carbocycles. The second-order valence-electron chi connectivity index (χ2n) is 3.99. The fourth-order valence-electron chi connectivity index (χ4n) is 1.81. The van der Waals surface area contributed by atoms with Crippen LogP contribution in [0.15, 0.2) is 22.7 Å². The minimum Gasteiger partial charge on any atom is -0.382 e. The van der Waals surface area contributed by atoms with Gasteiger partial charge < -0.3 is 10.1 Å². The number of rotatable bonds is 2. The van der Waals surface area contributed by atoms with Crippen LogP contribution in [-0.4, -0.2) is 19.3 Å². The van der Waals surface area contributed by atoms with Gasteiger partial charge in [0.2, 0.25) is 0 Å². The van der Waals surface area contributed by atoms with Gasteiger partial charge in [-0.3, -0.25) is 0 Å². The Balaban J connectivity index is 2.05. The molecule has 1 aliphatic rings. The summed E-state index contributed by atoms with van der Waals surface area (Å²) >= 11 is 3.50. The molecule has 1 aromatic rings. The van der Waals surface area contributed by atoms with Crippen LogP contribution in [0.1, 0.15) is 18.4 Å². The summed E-state index contributed by atoms with van der Waals surface area (Å²) in [6.07, 6.45) is 2.21. The van der Waals surface area contributed by atoms with Crippen molar-refractivity contribution in [3.63, 3.8) is 0 Å². The molecule has 0 atom stereocenters. The summed E-state index contributed by atoms with van der Waals surface area (Å²) in [5.41, 5.74) is 2.53. The lowest BCUT2D eigenvalue weighted by Crippen LogP contribution is -2.28. The van der Waals surface area contributed by atoms with Crippen LogP contribution in [0.3, 0.4) is 0 Å². The first kappa shape index (κ1) is 11.0. The highest BCUT2D eigenvalue weighted by Gasteiger charge is 2.13. The molecule has 0 aromatic heterocycles. The topological polar surface area (TPSA) is 21.3 Å². The van der Waals surface area contributed by atoms with E-state index in [4.69, 9.17) is 4.74 Å². The number of halogens is 1. The van der Waals surface area contributed by atoms with E-state index < -0.39 is 0 Å². The van der Waals surface area contributed by atoms with Crippen LogP contribution in [-0.2, 0) is 4.74 Å². The smallest absolute Gasteiger partial charge is 0.0485 e. The normalized spacial score (nSPS) is 17.7. The quantitative estimate of drug-likeness (QED) is 0.889. The molecule has 0 amide bonds. The van der Waals surface area contributed by atoms with Gasteiger partial charge in [0.1, 0.15) is 0 Å². The van der Waals surface area contributed by atoms with Gasteiger partial charge in [0.15, 0.2) is 0 Å². The van der Waals surface area contributed by atoms with Gasteiger partial charge in [0.05, 0.1) is 0 Å². The molecule has 15 heavy (non-hydrogen) atoms. The maximum atomic E-state index is 5.34. The van der Waals surface area contributed by atoms with E-state index in [0.717, 1.165) is 30.5 Å². The molecule has 2 nitrogen and oxygen atoms in total. The lowest BCUT2D eigenvalue weighted by Gasteiger charge is -2.25. The molecule has 0 saturated carbocycles. The first-order valence-electron chi connectivity index (χ1n) is 5.36. The van der Waals surface area contributed by atoms with Crippen molar-refractivity contribution in [2.24, 2.45) is 0 Å². The van der Waals surface area contributed by atoms with Crippen LogP contribution >= 0.6 is 15.9 Å². The van der Waals surface area contributed by atoms with Crippen molar-refractivity contribution < 1.29 is 4.74 Å². The standard InChI is InChI=1S/C12H16BrNO/c1-9-2-3-10(13)8-12(9)14-11-4-6-15-7-5-11/h2-3,8,11,14H,4-7H2,1H3. The molecule has 1 N–H and O–H groups in total. The van der Waals surface area contributed by atoms with Gasteiger partial charge in [0.25, 0.3) is 0 Å². The predicted molar refractivity (Wildman–Crippen MR) is 66.3 cm³/mol. The number of benzene rings is 1. The average molecular weight is 270 g/mol. The molecule has 0 bridgehead atoms. The average Bonchev–Trinajstić information content (AvgIpc) is 2.25. The zero-order valence-corrected chi connectivity index (χ0v) is 10.5. The van der Waals surface area contributed by atoms with E-state index in [0.29, 0.717) is 6.04 Å². The van der Waals surface area contributed by atoms with E-state index in [1.165, 1.54) is 11.3 Å². The Hall–Kier alpha value is -0.540. The SMILES string of the molecule is Cc1ccc(Br)cc1NC1CCOCC1. The molecule has 3 heteroatoms. The van der Waals surface area contributed by atoms with Gasteiger partial charge in [0, 0.05) is 29.4 Å². The Labute approximate surface area is 99.1 Å². The Morgan fingerprint density at radius 2 is 2.07 bits per heavy atom. The number of ether oxygens (including phenoxy) is 1. The second kappa shape index (κ2) is 4.99. The van der Waals surface area contributed by atoms with Gasteiger partial charge in [-0.15, -0.1) is 0 Å².